The number of aromatic nitrogens is 4. The SMILES string of the molecule is CCc1nnc(CN(CC)C(=O)c2nc3ccccn3c2F)o1. The van der Waals surface area contributed by atoms with Gasteiger partial charge in [0.25, 0.3) is 5.91 Å². The van der Waals surface area contributed by atoms with E-state index in [9.17, 15) is 9.18 Å². The lowest BCUT2D eigenvalue weighted by molar-refractivity contribution is 0.0727. The highest BCUT2D eigenvalue weighted by atomic mass is 19.1. The Hall–Kier alpha value is -2.77. The third-order valence-electron chi connectivity index (χ3n) is 3.48. The van der Waals surface area contributed by atoms with Crippen molar-refractivity contribution in [2.75, 3.05) is 6.54 Å². The van der Waals surface area contributed by atoms with E-state index < -0.39 is 11.9 Å². The van der Waals surface area contributed by atoms with Gasteiger partial charge in [-0.2, -0.15) is 4.39 Å². The molecule has 0 saturated carbocycles. The molecule has 120 valence electrons. The monoisotopic (exact) mass is 317 g/mol. The number of carbonyl (C=O) groups is 1. The third-order valence-corrected chi connectivity index (χ3v) is 3.48. The predicted molar refractivity (Wildman–Crippen MR) is 79.2 cm³/mol. The van der Waals surface area contributed by atoms with Gasteiger partial charge in [0.2, 0.25) is 17.7 Å². The predicted octanol–water partition coefficient (Wildman–Crippen LogP) is 2.08. The first-order valence-corrected chi connectivity index (χ1v) is 7.37. The maximum absolute atomic E-state index is 14.4. The first-order chi connectivity index (χ1) is 11.1. The molecule has 0 aromatic carbocycles. The Morgan fingerprint density at radius 2 is 2.09 bits per heavy atom. The summed E-state index contributed by atoms with van der Waals surface area (Å²) in [6.45, 7) is 4.18. The summed E-state index contributed by atoms with van der Waals surface area (Å²) in [7, 11) is 0. The van der Waals surface area contributed by atoms with Crippen molar-refractivity contribution in [2.45, 2.75) is 26.8 Å². The molecule has 3 rings (SSSR count). The molecule has 0 saturated heterocycles. The molecule has 0 aliphatic rings. The number of halogens is 1. The zero-order valence-corrected chi connectivity index (χ0v) is 12.9. The molecule has 23 heavy (non-hydrogen) atoms. The molecule has 7 nitrogen and oxygen atoms in total. The molecule has 3 aromatic heterocycles. The van der Waals surface area contributed by atoms with E-state index in [0.717, 1.165) is 0 Å². The number of hydrogen-bond acceptors (Lipinski definition) is 5. The lowest BCUT2D eigenvalue weighted by Gasteiger charge is -2.17. The minimum absolute atomic E-state index is 0.121. The highest BCUT2D eigenvalue weighted by molar-refractivity contribution is 5.93. The van der Waals surface area contributed by atoms with E-state index in [0.29, 0.717) is 30.4 Å². The van der Waals surface area contributed by atoms with Crippen molar-refractivity contribution in [3.8, 4) is 0 Å². The molecule has 3 aromatic rings. The van der Waals surface area contributed by atoms with Gasteiger partial charge in [0.15, 0.2) is 5.69 Å². The van der Waals surface area contributed by atoms with Crippen LogP contribution in [0, 0.1) is 5.95 Å². The van der Waals surface area contributed by atoms with Gasteiger partial charge in [0.05, 0.1) is 6.54 Å². The summed E-state index contributed by atoms with van der Waals surface area (Å²) in [5.74, 6) is -0.364. The number of hydrogen-bond donors (Lipinski definition) is 0. The first kappa shape index (κ1) is 15.1. The van der Waals surface area contributed by atoms with E-state index in [1.165, 1.54) is 15.5 Å². The van der Waals surface area contributed by atoms with Gasteiger partial charge in [-0.25, -0.2) is 4.98 Å². The number of aryl methyl sites for hydroxylation is 1. The minimum atomic E-state index is -0.677. The maximum atomic E-state index is 14.4. The summed E-state index contributed by atoms with van der Waals surface area (Å²) in [5.41, 5.74) is 0.170. The number of imidazole rings is 1. The van der Waals surface area contributed by atoms with Crippen LogP contribution < -0.4 is 0 Å². The van der Waals surface area contributed by atoms with Gasteiger partial charge in [-0.05, 0) is 19.1 Å². The molecule has 0 bridgehead atoms. The highest BCUT2D eigenvalue weighted by Gasteiger charge is 2.24. The molecule has 1 amide bonds. The van der Waals surface area contributed by atoms with E-state index in [1.807, 2.05) is 6.92 Å². The second-order valence-electron chi connectivity index (χ2n) is 4.94. The van der Waals surface area contributed by atoms with Crippen LogP contribution in [0.1, 0.15) is 36.1 Å². The quantitative estimate of drug-likeness (QED) is 0.720. The van der Waals surface area contributed by atoms with Crippen LogP contribution in [-0.2, 0) is 13.0 Å². The Labute approximate surface area is 131 Å². The lowest BCUT2D eigenvalue weighted by atomic mass is 10.3. The van der Waals surface area contributed by atoms with E-state index in [1.54, 1.807) is 25.1 Å². The Morgan fingerprint density at radius 3 is 2.74 bits per heavy atom. The number of rotatable bonds is 5. The Kier molecular flexibility index (Phi) is 4.05. The van der Waals surface area contributed by atoms with Crippen molar-refractivity contribution in [2.24, 2.45) is 0 Å². The zero-order valence-electron chi connectivity index (χ0n) is 12.9. The Bertz CT molecular complexity index is 841. The normalized spacial score (nSPS) is 11.1. The fourth-order valence-electron chi connectivity index (χ4n) is 2.24. The molecule has 0 N–H and O–H groups in total. The van der Waals surface area contributed by atoms with Crippen molar-refractivity contribution >= 4 is 11.6 Å². The molecule has 0 atom stereocenters. The van der Waals surface area contributed by atoms with Crippen LogP contribution in [0.15, 0.2) is 28.8 Å². The fourth-order valence-corrected chi connectivity index (χ4v) is 2.24. The van der Waals surface area contributed by atoms with E-state index >= 15 is 0 Å². The minimum Gasteiger partial charge on any atom is -0.423 e. The average molecular weight is 317 g/mol. The average Bonchev–Trinajstić information content (AvgIpc) is 3.17. The van der Waals surface area contributed by atoms with E-state index in [-0.39, 0.29) is 12.2 Å². The van der Waals surface area contributed by atoms with Gasteiger partial charge >= 0.3 is 0 Å². The number of nitrogens with zero attached hydrogens (tertiary/aromatic N) is 5. The second kappa shape index (κ2) is 6.15. The van der Waals surface area contributed by atoms with Crippen molar-refractivity contribution < 1.29 is 13.6 Å². The van der Waals surface area contributed by atoms with Crippen molar-refractivity contribution in [3.63, 3.8) is 0 Å². The number of amides is 1. The van der Waals surface area contributed by atoms with Gasteiger partial charge < -0.3 is 9.32 Å². The van der Waals surface area contributed by atoms with E-state index in [2.05, 4.69) is 15.2 Å². The molecule has 0 fully saturated rings. The van der Waals surface area contributed by atoms with E-state index in [4.69, 9.17) is 4.42 Å². The smallest absolute Gasteiger partial charge is 0.277 e. The van der Waals surface area contributed by atoms with Gasteiger partial charge in [-0.3, -0.25) is 9.20 Å². The molecule has 0 radical (unpaired) electrons. The van der Waals surface area contributed by atoms with Gasteiger partial charge in [0, 0.05) is 19.2 Å². The summed E-state index contributed by atoms with van der Waals surface area (Å²) in [6.07, 6.45) is 2.14. The molecular formula is C15H16FN5O2. The van der Waals surface area contributed by atoms with Crippen LogP contribution in [0.2, 0.25) is 0 Å². The van der Waals surface area contributed by atoms with Gasteiger partial charge in [-0.1, -0.05) is 13.0 Å². The van der Waals surface area contributed by atoms with Crippen LogP contribution in [0.4, 0.5) is 4.39 Å². The molecule has 3 heterocycles. The number of fused-ring (bicyclic) bond motifs is 1. The van der Waals surface area contributed by atoms with Crippen LogP contribution in [-0.4, -0.2) is 36.9 Å². The maximum Gasteiger partial charge on any atom is 0.277 e. The zero-order chi connectivity index (χ0) is 16.4. The van der Waals surface area contributed by atoms with Crippen LogP contribution >= 0.6 is 0 Å². The molecule has 0 aliphatic heterocycles. The molecule has 0 spiro atoms. The van der Waals surface area contributed by atoms with Crippen LogP contribution in [0.3, 0.4) is 0 Å². The summed E-state index contributed by atoms with van der Waals surface area (Å²) >= 11 is 0. The topological polar surface area (TPSA) is 76.5 Å². The van der Waals surface area contributed by atoms with Gasteiger partial charge in [0.1, 0.15) is 5.65 Å². The fraction of sp³-hybridized carbons (Fsp3) is 0.333. The third kappa shape index (κ3) is 2.79. The number of pyridine rings is 1. The Balaban J connectivity index is 1.87. The standard InChI is InChI=1S/C15H16FN5O2/c1-3-11-18-19-12(23-11)9-20(4-2)15(22)13-14(16)21-8-6-5-7-10(21)17-13/h5-8H,3-4,9H2,1-2H3. The van der Waals surface area contributed by atoms with Crippen molar-refractivity contribution in [3.05, 3.63) is 47.8 Å². The Morgan fingerprint density at radius 1 is 1.30 bits per heavy atom. The van der Waals surface area contributed by atoms with Crippen LogP contribution in [0.5, 0.6) is 0 Å². The number of carbonyl (C=O) groups excluding carboxylic acids is 1. The van der Waals surface area contributed by atoms with Crippen molar-refractivity contribution in [1.29, 1.82) is 0 Å². The molecule has 0 aliphatic carbocycles. The molecule has 8 heteroatoms. The lowest BCUT2D eigenvalue weighted by Crippen LogP contribution is -2.31. The first-order valence-electron chi connectivity index (χ1n) is 7.37. The van der Waals surface area contributed by atoms with Gasteiger partial charge in [-0.15, -0.1) is 10.2 Å². The summed E-state index contributed by atoms with van der Waals surface area (Å²) in [5, 5.41) is 7.74. The summed E-state index contributed by atoms with van der Waals surface area (Å²) in [6, 6.07) is 5.05. The van der Waals surface area contributed by atoms with Crippen LogP contribution in [0.25, 0.3) is 5.65 Å². The summed E-state index contributed by atoms with van der Waals surface area (Å²) in [4.78, 5) is 18.1. The second-order valence-corrected chi connectivity index (χ2v) is 4.94. The largest absolute Gasteiger partial charge is 0.423 e. The highest BCUT2D eigenvalue weighted by Crippen LogP contribution is 2.15. The summed E-state index contributed by atoms with van der Waals surface area (Å²) < 4.78 is 21.0. The molecule has 0 unspecified atom stereocenters. The molecular weight excluding hydrogens is 301 g/mol. The van der Waals surface area contributed by atoms with Crippen molar-refractivity contribution in [1.82, 2.24) is 24.5 Å².